The van der Waals surface area contributed by atoms with E-state index in [-0.39, 0.29) is 4.90 Å². The summed E-state index contributed by atoms with van der Waals surface area (Å²) in [6.45, 7) is 6.98. The van der Waals surface area contributed by atoms with E-state index in [1.807, 2.05) is 13.8 Å². The third-order valence-electron chi connectivity index (χ3n) is 5.24. The van der Waals surface area contributed by atoms with E-state index in [1.54, 1.807) is 49.7 Å². The number of nitrogens with zero attached hydrogens (tertiary/aromatic N) is 3. The van der Waals surface area contributed by atoms with Gasteiger partial charge in [0, 0.05) is 18.1 Å². The Hall–Kier alpha value is -2.91. The Balaban J connectivity index is 1.89. The molecule has 0 bridgehead atoms. The van der Waals surface area contributed by atoms with E-state index in [2.05, 4.69) is 4.98 Å². The fraction of sp³-hybridized carbons (Fsp3) is 0.348. The number of aromatic nitrogens is 2. The van der Waals surface area contributed by atoms with Gasteiger partial charge in [-0.05, 0) is 57.5 Å². The van der Waals surface area contributed by atoms with Gasteiger partial charge in [0.15, 0.2) is 15.6 Å². The Morgan fingerprint density at radius 3 is 2.42 bits per heavy atom. The molecule has 1 atom stereocenters. The van der Waals surface area contributed by atoms with Gasteiger partial charge in [-0.2, -0.15) is 0 Å². The third-order valence-corrected chi connectivity index (χ3v) is 7.16. The summed E-state index contributed by atoms with van der Waals surface area (Å²) in [7, 11) is -2.04. The average molecular weight is 492 g/mol. The van der Waals surface area contributed by atoms with Gasteiger partial charge in [-0.15, -0.1) is 0 Å². The first-order valence-corrected chi connectivity index (χ1v) is 12.4. The lowest BCUT2D eigenvalue weighted by atomic mass is 10.1. The molecule has 0 saturated heterocycles. The molecule has 1 aromatic carbocycles. The molecule has 0 unspecified atom stereocenters. The van der Waals surface area contributed by atoms with Crippen molar-refractivity contribution in [2.24, 2.45) is 7.05 Å². The quantitative estimate of drug-likeness (QED) is 0.349. The van der Waals surface area contributed by atoms with E-state index < -0.39 is 33.7 Å². The summed E-state index contributed by atoms with van der Waals surface area (Å²) in [5.41, 5.74) is 2.13. The second-order valence-corrected chi connectivity index (χ2v) is 10.5. The predicted octanol–water partition coefficient (Wildman–Crippen LogP) is 3.98. The van der Waals surface area contributed by atoms with Crippen molar-refractivity contribution in [3.05, 3.63) is 52.7 Å². The predicted molar refractivity (Wildman–Crippen MR) is 127 cm³/mol. The Labute approximate surface area is 198 Å². The van der Waals surface area contributed by atoms with Gasteiger partial charge in [0.1, 0.15) is 11.5 Å². The highest BCUT2D eigenvalue weighted by Crippen LogP contribution is 2.33. The van der Waals surface area contributed by atoms with E-state index in [0.29, 0.717) is 28.5 Å². The first kappa shape index (κ1) is 24.7. The summed E-state index contributed by atoms with van der Waals surface area (Å²) in [6, 6.07) is 9.26. The molecule has 0 radical (unpaired) electrons. The van der Waals surface area contributed by atoms with Crippen molar-refractivity contribution in [1.29, 1.82) is 0 Å². The second-order valence-electron chi connectivity index (χ2n) is 8.10. The molecule has 10 heteroatoms. The van der Waals surface area contributed by atoms with Crippen molar-refractivity contribution < 1.29 is 22.7 Å². The molecule has 0 N–H and O–H groups in total. The number of aryl methyl sites for hydroxylation is 2. The lowest BCUT2D eigenvalue weighted by molar-refractivity contribution is -0.144. The summed E-state index contributed by atoms with van der Waals surface area (Å²) >= 11 is 6.37. The SMILES string of the molecule is Cc1cc(Cl)c2cc(N(C=O)[C@H](C)c3ccc(S(=O)(=O)CC(=O)OC(C)C)cc3)n(C)c2n1. The standard InChI is InChI=1S/C23H26ClN3O5S/c1-14(2)32-22(29)12-33(30,31)18-8-6-17(7-9-18)16(4)27(13-28)21-11-19-20(24)10-15(3)25-23(19)26(21)5/h6-11,13-14,16H,12H2,1-5H3/t16-/m1/s1. The van der Waals surface area contributed by atoms with Gasteiger partial charge in [-0.25, -0.2) is 13.4 Å². The minimum atomic E-state index is -3.84. The highest BCUT2D eigenvalue weighted by Gasteiger charge is 2.24. The molecule has 1 amide bonds. The van der Waals surface area contributed by atoms with E-state index in [1.165, 1.54) is 17.0 Å². The molecule has 2 heterocycles. The molecule has 0 aliphatic rings. The van der Waals surface area contributed by atoms with Crippen LogP contribution in [-0.4, -0.2) is 42.2 Å². The maximum absolute atomic E-state index is 12.5. The van der Waals surface area contributed by atoms with E-state index in [4.69, 9.17) is 16.3 Å². The van der Waals surface area contributed by atoms with Crippen LogP contribution in [-0.2, 0) is 31.2 Å². The summed E-state index contributed by atoms with van der Waals surface area (Å²) in [4.78, 5) is 29.9. The highest BCUT2D eigenvalue weighted by atomic mass is 35.5. The molecular formula is C23H26ClN3O5S. The average Bonchev–Trinajstić information content (AvgIpc) is 3.04. The molecule has 176 valence electrons. The number of rotatable bonds is 8. The first-order valence-electron chi connectivity index (χ1n) is 10.3. The highest BCUT2D eigenvalue weighted by molar-refractivity contribution is 7.92. The fourth-order valence-electron chi connectivity index (χ4n) is 3.59. The molecule has 0 aliphatic heterocycles. The van der Waals surface area contributed by atoms with Gasteiger partial charge in [0.05, 0.1) is 22.1 Å². The number of sulfone groups is 1. The number of halogens is 1. The van der Waals surface area contributed by atoms with Crippen molar-refractivity contribution in [3.63, 3.8) is 0 Å². The van der Waals surface area contributed by atoms with Crippen LogP contribution in [0.4, 0.5) is 5.82 Å². The molecule has 0 fully saturated rings. The van der Waals surface area contributed by atoms with E-state index in [0.717, 1.165) is 11.1 Å². The molecule has 0 aliphatic carbocycles. The number of pyridine rings is 1. The van der Waals surface area contributed by atoms with Crippen LogP contribution in [0.1, 0.15) is 38.1 Å². The smallest absolute Gasteiger partial charge is 0.321 e. The zero-order valence-electron chi connectivity index (χ0n) is 19.1. The molecular weight excluding hydrogens is 466 g/mol. The monoisotopic (exact) mass is 491 g/mol. The summed E-state index contributed by atoms with van der Waals surface area (Å²) in [6.07, 6.45) is 0.320. The number of ether oxygens (including phenoxy) is 1. The van der Waals surface area contributed by atoms with Gasteiger partial charge in [0.2, 0.25) is 6.41 Å². The van der Waals surface area contributed by atoms with E-state index >= 15 is 0 Å². The molecule has 0 saturated carbocycles. The number of hydrogen-bond acceptors (Lipinski definition) is 6. The number of carbonyl (C=O) groups excluding carboxylic acids is 2. The van der Waals surface area contributed by atoms with Crippen molar-refractivity contribution in [2.75, 3.05) is 10.7 Å². The minimum Gasteiger partial charge on any atom is -0.462 e. The van der Waals surface area contributed by atoms with Gasteiger partial charge in [-0.1, -0.05) is 23.7 Å². The molecule has 2 aromatic heterocycles. The van der Waals surface area contributed by atoms with Crippen LogP contribution in [0.2, 0.25) is 5.02 Å². The molecule has 3 rings (SSSR count). The number of carbonyl (C=O) groups is 2. The number of amides is 1. The lowest BCUT2D eigenvalue weighted by Crippen LogP contribution is -2.27. The van der Waals surface area contributed by atoms with Crippen LogP contribution in [0.25, 0.3) is 11.0 Å². The Bertz CT molecular complexity index is 1300. The number of benzene rings is 1. The third kappa shape index (κ3) is 5.20. The number of anilines is 1. The molecule has 33 heavy (non-hydrogen) atoms. The first-order chi connectivity index (χ1) is 15.4. The van der Waals surface area contributed by atoms with Crippen molar-refractivity contribution >= 4 is 50.7 Å². The number of hydrogen-bond donors (Lipinski definition) is 0. The fourth-order valence-corrected chi connectivity index (χ4v) is 4.98. The molecule has 8 nitrogen and oxygen atoms in total. The van der Waals surface area contributed by atoms with Crippen LogP contribution >= 0.6 is 11.6 Å². The normalized spacial score (nSPS) is 12.7. The maximum Gasteiger partial charge on any atom is 0.321 e. The maximum atomic E-state index is 12.5. The van der Waals surface area contributed by atoms with Crippen LogP contribution in [0.5, 0.6) is 0 Å². The number of esters is 1. The van der Waals surface area contributed by atoms with E-state index in [9.17, 15) is 18.0 Å². The summed E-state index contributed by atoms with van der Waals surface area (Å²) in [5, 5.41) is 1.27. The largest absolute Gasteiger partial charge is 0.462 e. The summed E-state index contributed by atoms with van der Waals surface area (Å²) < 4.78 is 31.8. The summed E-state index contributed by atoms with van der Waals surface area (Å²) in [5.74, 6) is -0.933. The van der Waals surface area contributed by atoms with Gasteiger partial charge in [0.25, 0.3) is 0 Å². The minimum absolute atomic E-state index is 0.00729. The molecule has 3 aromatic rings. The Morgan fingerprint density at radius 2 is 1.85 bits per heavy atom. The van der Waals surface area contributed by atoms with Gasteiger partial charge >= 0.3 is 5.97 Å². The molecule has 0 spiro atoms. The van der Waals surface area contributed by atoms with Crippen molar-refractivity contribution in [2.45, 2.75) is 44.7 Å². The second kappa shape index (κ2) is 9.52. The van der Waals surface area contributed by atoms with Crippen LogP contribution in [0.3, 0.4) is 0 Å². The number of fused-ring (bicyclic) bond motifs is 1. The zero-order valence-corrected chi connectivity index (χ0v) is 20.6. The van der Waals surface area contributed by atoms with Crippen LogP contribution in [0, 0.1) is 6.92 Å². The Kier molecular flexibility index (Phi) is 7.14. The van der Waals surface area contributed by atoms with Gasteiger partial charge in [-0.3, -0.25) is 14.5 Å². The zero-order chi connectivity index (χ0) is 24.5. The van der Waals surface area contributed by atoms with Crippen LogP contribution in [0.15, 0.2) is 41.3 Å². The van der Waals surface area contributed by atoms with Crippen LogP contribution < -0.4 is 4.90 Å². The van der Waals surface area contributed by atoms with Gasteiger partial charge < -0.3 is 9.30 Å². The Morgan fingerprint density at radius 1 is 1.21 bits per heavy atom. The lowest BCUT2D eigenvalue weighted by Gasteiger charge is -2.26. The van der Waals surface area contributed by atoms with Crippen molar-refractivity contribution in [3.8, 4) is 0 Å². The topological polar surface area (TPSA) is 98.6 Å². The van der Waals surface area contributed by atoms with Crippen molar-refractivity contribution in [1.82, 2.24) is 9.55 Å².